The highest BCUT2D eigenvalue weighted by Crippen LogP contribution is 2.07. The molecule has 0 heterocycles. The molecular formula is C15H25NO2. The largest absolute Gasteiger partial charge is 0.461 e. The fourth-order valence-corrected chi connectivity index (χ4v) is 1.04. The van der Waals surface area contributed by atoms with Crippen molar-refractivity contribution in [3.8, 4) is 0 Å². The van der Waals surface area contributed by atoms with Gasteiger partial charge in [0.05, 0.1) is 5.92 Å². The van der Waals surface area contributed by atoms with E-state index in [-0.39, 0.29) is 18.5 Å². The Hall–Kier alpha value is -1.51. The van der Waals surface area contributed by atoms with Gasteiger partial charge in [-0.2, -0.15) is 0 Å². The van der Waals surface area contributed by atoms with Crippen LogP contribution in [0.5, 0.6) is 0 Å². The third kappa shape index (κ3) is 6.28. The third-order valence-corrected chi connectivity index (χ3v) is 2.61. The standard InChI is InChI=1S/C15H25NO2/c1-11(2)15(17)18-10-13(5)8-9-14(6)16(7)12(3)4/h8-9,11-12H,5-6,10H2,1-4,7H3/b9-8-. The molecule has 18 heavy (non-hydrogen) atoms. The smallest absolute Gasteiger partial charge is 0.308 e. The van der Waals surface area contributed by atoms with Gasteiger partial charge in [-0.05, 0) is 25.5 Å². The molecule has 0 fully saturated rings. The average Bonchev–Trinajstić information content (AvgIpc) is 2.31. The molecule has 0 bridgehead atoms. The van der Waals surface area contributed by atoms with Crippen LogP contribution in [0, 0.1) is 5.92 Å². The van der Waals surface area contributed by atoms with Crippen LogP contribution in [-0.4, -0.2) is 30.6 Å². The summed E-state index contributed by atoms with van der Waals surface area (Å²) in [6.45, 7) is 15.8. The Morgan fingerprint density at radius 1 is 1.22 bits per heavy atom. The van der Waals surface area contributed by atoms with E-state index in [1.54, 1.807) is 13.8 Å². The summed E-state index contributed by atoms with van der Waals surface area (Å²) in [7, 11) is 1.99. The number of hydrogen-bond acceptors (Lipinski definition) is 3. The summed E-state index contributed by atoms with van der Waals surface area (Å²) < 4.78 is 5.07. The molecule has 0 aliphatic rings. The maximum absolute atomic E-state index is 11.3. The molecule has 0 rings (SSSR count). The fourth-order valence-electron chi connectivity index (χ4n) is 1.04. The number of nitrogens with zero attached hydrogens (tertiary/aromatic N) is 1. The Kier molecular flexibility index (Phi) is 7.10. The van der Waals surface area contributed by atoms with E-state index in [1.165, 1.54) is 0 Å². The van der Waals surface area contributed by atoms with E-state index in [1.807, 2.05) is 19.2 Å². The highest BCUT2D eigenvalue weighted by Gasteiger charge is 2.08. The lowest BCUT2D eigenvalue weighted by molar-refractivity contribution is -0.146. The predicted octanol–water partition coefficient (Wildman–Crippen LogP) is 3.15. The Balaban J connectivity index is 4.17. The van der Waals surface area contributed by atoms with E-state index >= 15 is 0 Å². The van der Waals surface area contributed by atoms with Crippen LogP contribution in [0.25, 0.3) is 0 Å². The van der Waals surface area contributed by atoms with E-state index in [0.717, 1.165) is 11.3 Å². The van der Waals surface area contributed by atoms with Gasteiger partial charge in [0.2, 0.25) is 0 Å². The first kappa shape index (κ1) is 16.5. The number of allylic oxidation sites excluding steroid dienone is 1. The minimum atomic E-state index is -0.206. The summed E-state index contributed by atoms with van der Waals surface area (Å²) in [5.74, 6) is -0.313. The number of hydrogen-bond donors (Lipinski definition) is 0. The first-order valence-corrected chi connectivity index (χ1v) is 6.20. The van der Waals surface area contributed by atoms with Crippen LogP contribution in [0.2, 0.25) is 0 Å². The van der Waals surface area contributed by atoms with Gasteiger partial charge in [0, 0.05) is 18.8 Å². The van der Waals surface area contributed by atoms with Gasteiger partial charge in [0.1, 0.15) is 6.61 Å². The number of carbonyl (C=O) groups is 1. The van der Waals surface area contributed by atoms with Crippen LogP contribution in [0.1, 0.15) is 27.7 Å². The SMILES string of the molecule is C=C(/C=C\C(=C)N(C)C(C)C)COC(=O)C(C)C. The van der Waals surface area contributed by atoms with Gasteiger partial charge in [-0.25, -0.2) is 0 Å². The zero-order chi connectivity index (χ0) is 14.3. The second-order valence-electron chi connectivity index (χ2n) is 4.95. The fraction of sp³-hybridized carbons (Fsp3) is 0.533. The number of esters is 1. The molecule has 0 aliphatic heterocycles. The predicted molar refractivity (Wildman–Crippen MR) is 76.1 cm³/mol. The van der Waals surface area contributed by atoms with Crippen LogP contribution in [0.15, 0.2) is 36.6 Å². The molecule has 0 aromatic carbocycles. The Morgan fingerprint density at radius 2 is 1.78 bits per heavy atom. The molecule has 0 aliphatic carbocycles. The maximum Gasteiger partial charge on any atom is 0.308 e. The van der Waals surface area contributed by atoms with E-state index in [2.05, 4.69) is 31.9 Å². The van der Waals surface area contributed by atoms with Crippen molar-refractivity contribution in [3.63, 3.8) is 0 Å². The molecule has 0 radical (unpaired) electrons. The highest BCUT2D eigenvalue weighted by atomic mass is 16.5. The Morgan fingerprint density at radius 3 is 2.22 bits per heavy atom. The first-order chi connectivity index (χ1) is 8.25. The summed E-state index contributed by atoms with van der Waals surface area (Å²) >= 11 is 0. The van der Waals surface area contributed by atoms with Crippen molar-refractivity contribution in [2.45, 2.75) is 33.7 Å². The summed E-state index contributed by atoms with van der Waals surface area (Å²) in [5.41, 5.74) is 1.66. The zero-order valence-corrected chi connectivity index (χ0v) is 12.2. The molecule has 0 unspecified atom stereocenters. The summed E-state index contributed by atoms with van der Waals surface area (Å²) in [5, 5.41) is 0. The normalized spacial score (nSPS) is 11.1. The van der Waals surface area contributed by atoms with Gasteiger partial charge >= 0.3 is 5.97 Å². The molecule has 0 aromatic rings. The molecule has 0 saturated carbocycles. The van der Waals surface area contributed by atoms with E-state index in [4.69, 9.17) is 4.74 Å². The topological polar surface area (TPSA) is 29.5 Å². The summed E-state index contributed by atoms with van der Waals surface area (Å²) in [6, 6.07) is 0.397. The molecule has 102 valence electrons. The van der Waals surface area contributed by atoms with Crippen LogP contribution in [0.4, 0.5) is 0 Å². The monoisotopic (exact) mass is 251 g/mol. The van der Waals surface area contributed by atoms with E-state index in [9.17, 15) is 4.79 Å². The number of rotatable bonds is 7. The minimum Gasteiger partial charge on any atom is -0.461 e. The molecule has 3 heteroatoms. The maximum atomic E-state index is 11.3. The van der Waals surface area contributed by atoms with Gasteiger partial charge in [-0.3, -0.25) is 4.79 Å². The van der Waals surface area contributed by atoms with Crippen molar-refractivity contribution in [1.82, 2.24) is 4.90 Å². The van der Waals surface area contributed by atoms with Crippen molar-refractivity contribution in [2.75, 3.05) is 13.7 Å². The Bertz CT molecular complexity index is 340. The molecule has 0 spiro atoms. The molecular weight excluding hydrogens is 226 g/mol. The molecule has 0 aromatic heterocycles. The first-order valence-electron chi connectivity index (χ1n) is 6.20. The van der Waals surface area contributed by atoms with Crippen LogP contribution >= 0.6 is 0 Å². The average molecular weight is 251 g/mol. The van der Waals surface area contributed by atoms with Crippen molar-refractivity contribution in [2.24, 2.45) is 5.92 Å². The quantitative estimate of drug-likeness (QED) is 0.514. The van der Waals surface area contributed by atoms with Gasteiger partial charge in [-0.15, -0.1) is 0 Å². The lowest BCUT2D eigenvalue weighted by atomic mass is 10.2. The van der Waals surface area contributed by atoms with Gasteiger partial charge < -0.3 is 9.64 Å². The van der Waals surface area contributed by atoms with Gasteiger partial charge in [0.15, 0.2) is 0 Å². The third-order valence-electron chi connectivity index (χ3n) is 2.61. The second kappa shape index (κ2) is 7.75. The summed E-state index contributed by atoms with van der Waals surface area (Å²) in [4.78, 5) is 13.3. The number of ether oxygens (including phenoxy) is 1. The molecule has 0 N–H and O–H groups in total. The summed E-state index contributed by atoms with van der Waals surface area (Å²) in [6.07, 6.45) is 3.71. The van der Waals surface area contributed by atoms with E-state index in [0.29, 0.717) is 6.04 Å². The van der Waals surface area contributed by atoms with E-state index < -0.39 is 0 Å². The van der Waals surface area contributed by atoms with Crippen LogP contribution < -0.4 is 0 Å². The van der Waals surface area contributed by atoms with Crippen LogP contribution in [0.3, 0.4) is 0 Å². The van der Waals surface area contributed by atoms with Crippen molar-refractivity contribution >= 4 is 5.97 Å². The Labute approximate surface area is 111 Å². The highest BCUT2D eigenvalue weighted by molar-refractivity contribution is 5.71. The number of likely N-dealkylation sites (N-methyl/N-ethyl adjacent to an activating group) is 1. The van der Waals surface area contributed by atoms with Gasteiger partial charge in [0.25, 0.3) is 0 Å². The zero-order valence-electron chi connectivity index (χ0n) is 12.2. The molecule has 3 nitrogen and oxygen atoms in total. The van der Waals surface area contributed by atoms with Crippen molar-refractivity contribution < 1.29 is 9.53 Å². The molecule has 0 atom stereocenters. The lowest BCUT2D eigenvalue weighted by Gasteiger charge is -2.23. The van der Waals surface area contributed by atoms with Crippen molar-refractivity contribution in [1.29, 1.82) is 0 Å². The van der Waals surface area contributed by atoms with Crippen LogP contribution in [-0.2, 0) is 9.53 Å². The molecule has 0 saturated heterocycles. The van der Waals surface area contributed by atoms with Gasteiger partial charge in [-0.1, -0.05) is 33.1 Å². The molecule has 0 amide bonds. The van der Waals surface area contributed by atoms with Crippen molar-refractivity contribution in [3.05, 3.63) is 36.6 Å². The number of carbonyl (C=O) groups excluding carboxylic acids is 1. The second-order valence-corrected chi connectivity index (χ2v) is 4.95. The lowest BCUT2D eigenvalue weighted by Crippen LogP contribution is -2.24. The minimum absolute atomic E-state index is 0.108.